The van der Waals surface area contributed by atoms with Crippen molar-refractivity contribution in [3.05, 3.63) is 55.7 Å². The van der Waals surface area contributed by atoms with E-state index >= 15 is 0 Å². The number of hydrogen-bond donors (Lipinski definition) is 1. The minimum absolute atomic E-state index is 0.0218. The first-order valence-electron chi connectivity index (χ1n) is 8.45. The molecule has 4 aromatic rings. The number of thiazole rings is 2. The van der Waals surface area contributed by atoms with E-state index in [4.69, 9.17) is 0 Å². The van der Waals surface area contributed by atoms with Gasteiger partial charge in [-0.1, -0.05) is 22.7 Å². The maximum atomic E-state index is 12.8. The van der Waals surface area contributed by atoms with Crippen LogP contribution < -0.4 is 14.5 Å². The zero-order valence-electron chi connectivity index (χ0n) is 15.3. The largest absolute Gasteiger partial charge is 0.308 e. The Morgan fingerprint density at radius 1 is 0.929 bits per heavy atom. The molecule has 0 aliphatic rings. The molecule has 0 radical (unpaired) electrons. The molecule has 1 N–H and O–H groups in total. The lowest BCUT2D eigenvalue weighted by Gasteiger charge is -2.10. The van der Waals surface area contributed by atoms with Crippen LogP contribution in [0.3, 0.4) is 0 Å². The molecule has 0 saturated carbocycles. The number of aryl methyl sites for hydroxylation is 1. The smallest absolute Gasteiger partial charge is 0.302 e. The summed E-state index contributed by atoms with van der Waals surface area (Å²) in [5.41, 5.74) is 1.85. The molecule has 0 saturated heterocycles. The Morgan fingerprint density at radius 3 is 2.29 bits per heavy atom. The lowest BCUT2D eigenvalue weighted by Crippen LogP contribution is -2.14. The molecule has 0 spiro atoms. The lowest BCUT2D eigenvalue weighted by atomic mass is 10.3. The summed E-state index contributed by atoms with van der Waals surface area (Å²) in [4.78, 5) is 23.8. The number of nitrogens with one attached hydrogen (secondary N) is 1. The molecule has 0 bridgehead atoms. The number of anilines is 1. The summed E-state index contributed by atoms with van der Waals surface area (Å²) < 4.78 is 32.7. The predicted molar refractivity (Wildman–Crippen MR) is 114 cm³/mol. The fraction of sp³-hybridized carbons (Fsp3) is 0.222. The average Bonchev–Trinajstić information content (AvgIpc) is 3.09. The highest BCUT2D eigenvalue weighted by molar-refractivity contribution is 7.92. The molecule has 0 amide bonds. The van der Waals surface area contributed by atoms with Crippen molar-refractivity contribution in [3.63, 3.8) is 0 Å². The highest BCUT2D eigenvalue weighted by Crippen LogP contribution is 2.27. The second-order valence-corrected chi connectivity index (χ2v) is 10.3. The molecule has 0 aliphatic heterocycles. The highest BCUT2D eigenvalue weighted by Gasteiger charge is 2.18. The second-order valence-electron chi connectivity index (χ2n) is 6.68. The topological polar surface area (TPSA) is 90.2 Å². The Balaban J connectivity index is 1.73. The molecule has 0 atom stereocenters. The van der Waals surface area contributed by atoms with E-state index in [2.05, 4.69) is 4.72 Å². The molecule has 2 aromatic carbocycles. The lowest BCUT2D eigenvalue weighted by molar-refractivity contribution is 0.601. The van der Waals surface area contributed by atoms with Crippen LogP contribution in [0.25, 0.3) is 20.4 Å². The fourth-order valence-corrected chi connectivity index (χ4v) is 6.21. The van der Waals surface area contributed by atoms with Gasteiger partial charge in [0.15, 0.2) is 0 Å². The van der Waals surface area contributed by atoms with Crippen LogP contribution in [-0.4, -0.2) is 17.6 Å². The second kappa shape index (κ2) is 6.57. The van der Waals surface area contributed by atoms with Gasteiger partial charge in [0.1, 0.15) is 0 Å². The monoisotopic (exact) mass is 435 g/mol. The summed E-state index contributed by atoms with van der Waals surface area (Å²) in [6, 6.07) is 9.67. The maximum absolute atomic E-state index is 12.8. The van der Waals surface area contributed by atoms with Gasteiger partial charge in [0, 0.05) is 13.1 Å². The third-order valence-electron chi connectivity index (χ3n) is 4.46. The normalized spacial score (nSPS) is 12.3. The first-order chi connectivity index (χ1) is 13.2. The standard InChI is InChI=1S/C18H17N3O4S3/c1-10(2)21-14-6-4-11(8-15(14)27-18(21)23)19-28(24,25)12-5-7-13-16(9-12)26-17(22)20(13)3/h4-10,19H,1-3H3. The number of benzene rings is 2. The van der Waals surface area contributed by atoms with Crippen molar-refractivity contribution in [3.8, 4) is 0 Å². The van der Waals surface area contributed by atoms with Crippen molar-refractivity contribution in [2.75, 3.05) is 4.72 Å². The van der Waals surface area contributed by atoms with Gasteiger partial charge in [0.25, 0.3) is 10.0 Å². The van der Waals surface area contributed by atoms with Crippen LogP contribution in [0.15, 0.2) is 50.9 Å². The molecule has 0 fully saturated rings. The van der Waals surface area contributed by atoms with E-state index in [1.165, 1.54) is 16.7 Å². The van der Waals surface area contributed by atoms with Gasteiger partial charge >= 0.3 is 9.75 Å². The summed E-state index contributed by atoms with van der Waals surface area (Å²) in [6.07, 6.45) is 0. The number of hydrogen-bond acceptors (Lipinski definition) is 6. The number of sulfonamides is 1. The van der Waals surface area contributed by atoms with Crippen molar-refractivity contribution in [2.45, 2.75) is 24.8 Å². The number of fused-ring (bicyclic) bond motifs is 2. The molecule has 2 aromatic heterocycles. The van der Waals surface area contributed by atoms with E-state index in [-0.39, 0.29) is 20.7 Å². The van der Waals surface area contributed by atoms with Crippen LogP contribution in [0.1, 0.15) is 19.9 Å². The van der Waals surface area contributed by atoms with Crippen LogP contribution in [0, 0.1) is 0 Å². The molecular formula is C18H17N3O4S3. The van der Waals surface area contributed by atoms with Crippen molar-refractivity contribution in [1.82, 2.24) is 9.13 Å². The Labute approximate surface area is 168 Å². The van der Waals surface area contributed by atoms with Gasteiger partial charge in [0.05, 0.1) is 31.0 Å². The summed E-state index contributed by atoms with van der Waals surface area (Å²) in [5.74, 6) is 0. The number of aromatic nitrogens is 2. The van der Waals surface area contributed by atoms with E-state index in [0.717, 1.165) is 32.9 Å². The maximum Gasteiger partial charge on any atom is 0.308 e. The number of nitrogens with zero attached hydrogens (tertiary/aromatic N) is 2. The van der Waals surface area contributed by atoms with Gasteiger partial charge in [-0.05, 0) is 50.2 Å². The summed E-state index contributed by atoms with van der Waals surface area (Å²) in [5, 5.41) is 0. The first kappa shape index (κ1) is 18.9. The first-order valence-corrected chi connectivity index (χ1v) is 11.6. The van der Waals surface area contributed by atoms with Gasteiger partial charge in [-0.25, -0.2) is 8.42 Å². The van der Waals surface area contributed by atoms with Gasteiger partial charge in [-0.2, -0.15) is 0 Å². The predicted octanol–water partition coefficient (Wildman–Crippen LogP) is 3.36. The minimum atomic E-state index is -3.83. The molecular weight excluding hydrogens is 418 g/mol. The zero-order valence-corrected chi connectivity index (χ0v) is 17.7. The molecule has 4 rings (SSSR count). The van der Waals surface area contributed by atoms with E-state index in [1.807, 2.05) is 13.8 Å². The number of rotatable bonds is 4. The van der Waals surface area contributed by atoms with Crippen LogP contribution in [0.5, 0.6) is 0 Å². The third kappa shape index (κ3) is 3.07. The van der Waals surface area contributed by atoms with Crippen molar-refractivity contribution < 1.29 is 8.42 Å². The van der Waals surface area contributed by atoms with Crippen LogP contribution in [0.2, 0.25) is 0 Å². The molecule has 2 heterocycles. The van der Waals surface area contributed by atoms with E-state index in [0.29, 0.717) is 15.9 Å². The average molecular weight is 436 g/mol. The summed E-state index contributed by atoms with van der Waals surface area (Å²) >= 11 is 2.09. The zero-order chi connectivity index (χ0) is 20.2. The Kier molecular flexibility index (Phi) is 4.44. The van der Waals surface area contributed by atoms with Crippen LogP contribution >= 0.6 is 22.7 Å². The van der Waals surface area contributed by atoms with Gasteiger partial charge in [0.2, 0.25) is 0 Å². The van der Waals surface area contributed by atoms with Crippen LogP contribution in [-0.2, 0) is 17.1 Å². The molecule has 0 aliphatic carbocycles. The quantitative estimate of drug-likeness (QED) is 0.532. The van der Waals surface area contributed by atoms with Gasteiger partial charge in [-0.15, -0.1) is 0 Å². The summed E-state index contributed by atoms with van der Waals surface area (Å²) in [7, 11) is -2.18. The van der Waals surface area contributed by atoms with Gasteiger partial charge in [-0.3, -0.25) is 18.9 Å². The van der Waals surface area contributed by atoms with E-state index < -0.39 is 10.0 Å². The Morgan fingerprint density at radius 2 is 1.57 bits per heavy atom. The molecule has 0 unspecified atom stereocenters. The summed E-state index contributed by atoms with van der Waals surface area (Å²) in [6.45, 7) is 3.86. The van der Waals surface area contributed by atoms with Crippen LogP contribution in [0.4, 0.5) is 5.69 Å². The van der Waals surface area contributed by atoms with Crippen molar-refractivity contribution in [1.29, 1.82) is 0 Å². The Bertz CT molecular complexity index is 1440. The Hall–Kier alpha value is -2.43. The van der Waals surface area contributed by atoms with Crippen molar-refractivity contribution in [2.24, 2.45) is 7.05 Å². The minimum Gasteiger partial charge on any atom is -0.302 e. The van der Waals surface area contributed by atoms with Gasteiger partial charge < -0.3 is 4.57 Å². The molecule has 10 heteroatoms. The fourth-order valence-electron chi connectivity index (χ4n) is 3.08. The van der Waals surface area contributed by atoms with Crippen molar-refractivity contribution >= 4 is 58.8 Å². The van der Waals surface area contributed by atoms with E-state index in [1.54, 1.807) is 35.9 Å². The van der Waals surface area contributed by atoms with E-state index in [9.17, 15) is 18.0 Å². The SMILES string of the molecule is CC(C)n1c(=O)sc2cc(NS(=O)(=O)c3ccc4c(c3)sc(=O)n4C)ccc21. The highest BCUT2D eigenvalue weighted by atomic mass is 32.2. The molecule has 7 nitrogen and oxygen atoms in total. The molecule has 146 valence electrons. The molecule has 28 heavy (non-hydrogen) atoms. The third-order valence-corrected chi connectivity index (χ3v) is 7.75.